The van der Waals surface area contributed by atoms with Gasteiger partial charge in [0.25, 0.3) is 0 Å². The zero-order valence-corrected chi connectivity index (χ0v) is 21.8. The number of nitrogens with one attached hydrogen (secondary N) is 1. The number of methoxy groups -OCH3 is 1. The van der Waals surface area contributed by atoms with Gasteiger partial charge in [-0.25, -0.2) is 9.78 Å². The molecule has 0 amide bonds. The van der Waals surface area contributed by atoms with Gasteiger partial charge < -0.3 is 14.6 Å². The maximum absolute atomic E-state index is 11.9. The second kappa shape index (κ2) is 11.7. The van der Waals surface area contributed by atoms with Crippen LogP contribution in [0.4, 0.5) is 0 Å². The van der Waals surface area contributed by atoms with Crippen LogP contribution in [0.5, 0.6) is 11.5 Å². The molecule has 0 saturated carbocycles. The first kappa shape index (κ1) is 25.9. The number of carboxylic acids is 1. The van der Waals surface area contributed by atoms with Crippen molar-refractivity contribution in [2.75, 3.05) is 7.11 Å². The van der Waals surface area contributed by atoms with Crippen LogP contribution in [-0.2, 0) is 11.4 Å². The fourth-order valence-corrected chi connectivity index (χ4v) is 4.40. The zero-order valence-electron chi connectivity index (χ0n) is 18.7. The summed E-state index contributed by atoms with van der Waals surface area (Å²) < 4.78 is 11.3. The lowest BCUT2D eigenvalue weighted by molar-refractivity contribution is -0.131. The lowest BCUT2D eigenvalue weighted by Crippen LogP contribution is -1.99. The number of hydrogen-bond donors (Lipinski definition) is 2. The summed E-state index contributed by atoms with van der Waals surface area (Å²) in [6.07, 6.45) is 1.51. The number of aromatic nitrogens is 3. The molecule has 4 rings (SSSR count). The van der Waals surface area contributed by atoms with Gasteiger partial charge in [0, 0.05) is 26.2 Å². The molecule has 11 heteroatoms. The molecule has 0 atom stereocenters. The second-order valence-electron chi connectivity index (χ2n) is 7.32. The number of thioether (sulfide) groups is 1. The molecule has 0 bridgehead atoms. The number of aromatic amines is 1. The third-order valence-electron chi connectivity index (χ3n) is 4.88. The molecule has 0 unspecified atom stereocenters. The van der Waals surface area contributed by atoms with Gasteiger partial charge in [0.05, 0.1) is 7.11 Å². The van der Waals surface area contributed by atoms with Crippen molar-refractivity contribution in [2.24, 2.45) is 0 Å². The zero-order chi connectivity index (χ0) is 25.7. The smallest absolute Gasteiger partial charge is 0.342 e. The van der Waals surface area contributed by atoms with Crippen molar-refractivity contribution in [3.63, 3.8) is 0 Å². The number of halogens is 3. The molecule has 0 aliphatic rings. The average Bonchev–Trinajstić information content (AvgIpc) is 3.32. The van der Waals surface area contributed by atoms with Crippen molar-refractivity contribution in [1.29, 1.82) is 0 Å². The molecule has 1 heterocycles. The van der Waals surface area contributed by atoms with E-state index < -0.39 is 5.97 Å². The van der Waals surface area contributed by atoms with Gasteiger partial charge in [-0.15, -0.1) is 5.10 Å². The molecule has 0 radical (unpaired) electrons. The topological polar surface area (TPSA) is 97.3 Å². The first-order valence-corrected chi connectivity index (χ1v) is 12.3. The molecule has 184 valence electrons. The van der Waals surface area contributed by atoms with Crippen LogP contribution in [0.15, 0.2) is 70.7 Å². The summed E-state index contributed by atoms with van der Waals surface area (Å²) in [6.45, 7) is 0.207. The molecule has 0 fully saturated rings. The molecule has 7 nitrogen and oxygen atoms in total. The van der Waals surface area contributed by atoms with Crippen molar-refractivity contribution >= 4 is 58.6 Å². The van der Waals surface area contributed by atoms with Gasteiger partial charge in [0.1, 0.15) is 11.5 Å². The van der Waals surface area contributed by atoms with Gasteiger partial charge >= 0.3 is 5.97 Å². The Morgan fingerprint density at radius 2 is 1.78 bits per heavy atom. The molecule has 3 aromatic carbocycles. The van der Waals surface area contributed by atoms with Gasteiger partial charge in [-0.2, -0.15) is 0 Å². The molecular formula is C25H18Cl3N3O4S. The standard InChI is InChI=1S/C25H18Cl3N3O4S/c1-34-21-10-14(2-9-20(21)35-13-16-5-8-18(27)12-19(16)28)11-22(24(32)33)36-25-29-23(30-31-25)15-3-6-17(26)7-4-15/h2-12H,13H2,1H3,(H,32,33)(H,29,30,31)/b22-11-. The normalized spacial score (nSPS) is 11.4. The van der Waals surface area contributed by atoms with Gasteiger partial charge in [-0.3, -0.25) is 5.10 Å². The highest BCUT2D eigenvalue weighted by Gasteiger charge is 2.15. The van der Waals surface area contributed by atoms with Crippen LogP contribution in [0.1, 0.15) is 11.1 Å². The van der Waals surface area contributed by atoms with E-state index in [0.29, 0.717) is 38.0 Å². The third-order valence-corrected chi connectivity index (χ3v) is 6.59. The fourth-order valence-electron chi connectivity index (χ4n) is 3.10. The Morgan fingerprint density at radius 3 is 2.47 bits per heavy atom. The van der Waals surface area contributed by atoms with Crippen LogP contribution in [0.2, 0.25) is 15.1 Å². The van der Waals surface area contributed by atoms with E-state index >= 15 is 0 Å². The highest BCUT2D eigenvalue weighted by atomic mass is 35.5. The number of H-pyrrole nitrogens is 1. The maximum Gasteiger partial charge on any atom is 0.342 e. The number of benzene rings is 3. The summed E-state index contributed by atoms with van der Waals surface area (Å²) in [4.78, 5) is 16.3. The second-order valence-corrected chi connectivity index (χ2v) is 9.61. The Morgan fingerprint density at radius 1 is 1.03 bits per heavy atom. The van der Waals surface area contributed by atoms with Crippen molar-refractivity contribution < 1.29 is 19.4 Å². The highest BCUT2D eigenvalue weighted by molar-refractivity contribution is 8.04. The Kier molecular flexibility index (Phi) is 8.43. The van der Waals surface area contributed by atoms with E-state index in [2.05, 4.69) is 15.2 Å². The summed E-state index contributed by atoms with van der Waals surface area (Å²) >= 11 is 19.0. The van der Waals surface area contributed by atoms with Gasteiger partial charge in [0.15, 0.2) is 17.3 Å². The molecule has 1 aromatic heterocycles. The summed E-state index contributed by atoms with van der Waals surface area (Å²) in [5, 5.41) is 18.6. The molecule has 0 aliphatic heterocycles. The van der Waals surface area contributed by atoms with E-state index in [4.69, 9.17) is 44.3 Å². The lowest BCUT2D eigenvalue weighted by atomic mass is 10.2. The van der Waals surface area contributed by atoms with Gasteiger partial charge in [-0.05, 0) is 71.9 Å². The van der Waals surface area contributed by atoms with E-state index in [1.54, 1.807) is 60.7 Å². The van der Waals surface area contributed by atoms with Crippen molar-refractivity contribution in [3.8, 4) is 22.9 Å². The maximum atomic E-state index is 11.9. The Labute approximate surface area is 226 Å². The number of carboxylic acid groups (broad SMARTS) is 1. The Balaban J connectivity index is 1.51. The number of hydrogen-bond acceptors (Lipinski definition) is 6. The molecule has 2 N–H and O–H groups in total. The minimum absolute atomic E-state index is 0.0281. The van der Waals surface area contributed by atoms with Crippen LogP contribution in [-0.4, -0.2) is 33.4 Å². The third kappa shape index (κ3) is 6.53. The molecule has 0 saturated heterocycles. The van der Waals surface area contributed by atoms with Crippen molar-refractivity contribution in [1.82, 2.24) is 15.2 Å². The molecule has 36 heavy (non-hydrogen) atoms. The quantitative estimate of drug-likeness (QED) is 0.164. The molecular weight excluding hydrogens is 545 g/mol. The van der Waals surface area contributed by atoms with Crippen molar-refractivity contribution in [2.45, 2.75) is 11.8 Å². The number of nitrogens with zero attached hydrogens (tertiary/aromatic N) is 2. The van der Waals surface area contributed by atoms with Crippen LogP contribution in [0.3, 0.4) is 0 Å². The molecule has 0 aliphatic carbocycles. The number of ether oxygens (including phenoxy) is 2. The van der Waals surface area contributed by atoms with Gasteiger partial charge in [0.2, 0.25) is 5.16 Å². The predicted octanol–water partition coefficient (Wildman–Crippen LogP) is 7.24. The lowest BCUT2D eigenvalue weighted by Gasteiger charge is -2.12. The minimum atomic E-state index is -1.12. The first-order valence-electron chi connectivity index (χ1n) is 10.4. The van der Waals surface area contributed by atoms with Gasteiger partial charge in [-0.1, -0.05) is 46.9 Å². The monoisotopic (exact) mass is 561 g/mol. The molecule has 4 aromatic rings. The summed E-state index contributed by atoms with van der Waals surface area (Å²) in [7, 11) is 1.50. The summed E-state index contributed by atoms with van der Waals surface area (Å²) in [5.74, 6) is 0.302. The SMILES string of the molecule is COc1cc(/C=C(\Sc2n[nH]c(-c3ccc(Cl)cc3)n2)C(=O)O)ccc1OCc1ccc(Cl)cc1Cl. The first-order chi connectivity index (χ1) is 17.3. The number of aliphatic carboxylic acids is 1. The van der Waals surface area contributed by atoms with Crippen LogP contribution in [0, 0.1) is 0 Å². The minimum Gasteiger partial charge on any atom is -0.493 e. The summed E-state index contributed by atoms with van der Waals surface area (Å²) in [5.41, 5.74) is 2.14. The highest BCUT2D eigenvalue weighted by Crippen LogP contribution is 2.33. The van der Waals surface area contributed by atoms with E-state index in [0.717, 1.165) is 22.9 Å². The number of carbonyl (C=O) groups is 1. The molecule has 0 spiro atoms. The van der Waals surface area contributed by atoms with E-state index in [1.165, 1.54) is 13.2 Å². The van der Waals surface area contributed by atoms with E-state index in [9.17, 15) is 9.90 Å². The van der Waals surface area contributed by atoms with Crippen LogP contribution < -0.4 is 9.47 Å². The van der Waals surface area contributed by atoms with E-state index in [-0.39, 0.29) is 16.7 Å². The van der Waals surface area contributed by atoms with Crippen molar-refractivity contribution in [3.05, 3.63) is 91.8 Å². The fraction of sp³-hybridized carbons (Fsp3) is 0.0800. The average molecular weight is 563 g/mol. The Bertz CT molecular complexity index is 1420. The summed E-state index contributed by atoms with van der Waals surface area (Å²) in [6, 6.07) is 17.3. The number of rotatable bonds is 9. The van der Waals surface area contributed by atoms with Crippen LogP contribution in [0.25, 0.3) is 17.5 Å². The van der Waals surface area contributed by atoms with E-state index in [1.807, 2.05) is 0 Å². The van der Waals surface area contributed by atoms with Crippen LogP contribution >= 0.6 is 46.6 Å². The largest absolute Gasteiger partial charge is 0.493 e. The Hall–Kier alpha value is -3.17. The predicted molar refractivity (Wildman–Crippen MR) is 142 cm³/mol.